The first-order valence-electron chi connectivity index (χ1n) is 8.20. The number of ether oxygens (including phenoxy) is 2. The van der Waals surface area contributed by atoms with E-state index in [9.17, 15) is 9.59 Å². The minimum atomic E-state index is -0.319. The molecule has 4 heteroatoms. The maximum Gasteiger partial charge on any atom is 0.330 e. The number of fused-ring (bicyclic) bond motifs is 6. The minimum absolute atomic E-state index is 0.319. The number of hydrogen-bond acceptors (Lipinski definition) is 4. The molecular formula is C18H24O4. The second-order valence-electron chi connectivity index (χ2n) is 6.98. The molecular weight excluding hydrogens is 280 g/mol. The van der Waals surface area contributed by atoms with Crippen LogP contribution in [0.15, 0.2) is 25.3 Å². The first-order chi connectivity index (χ1) is 10.6. The molecule has 0 spiro atoms. The Morgan fingerprint density at radius 3 is 1.59 bits per heavy atom. The Morgan fingerprint density at radius 1 is 0.818 bits per heavy atom. The van der Waals surface area contributed by atoms with E-state index in [1.54, 1.807) is 0 Å². The molecule has 6 atom stereocenters. The van der Waals surface area contributed by atoms with Crippen molar-refractivity contribution in [1.82, 2.24) is 0 Å². The fourth-order valence-corrected chi connectivity index (χ4v) is 5.14. The lowest BCUT2D eigenvalue weighted by molar-refractivity contribution is -0.140. The van der Waals surface area contributed by atoms with Crippen LogP contribution in [-0.4, -0.2) is 25.2 Å². The summed E-state index contributed by atoms with van der Waals surface area (Å²) in [6.45, 7) is 7.94. The van der Waals surface area contributed by atoms with Crippen LogP contribution in [0.3, 0.4) is 0 Å². The first kappa shape index (κ1) is 15.3. The van der Waals surface area contributed by atoms with Crippen molar-refractivity contribution in [3.05, 3.63) is 25.3 Å². The Labute approximate surface area is 131 Å². The number of hydrogen-bond donors (Lipinski definition) is 0. The van der Waals surface area contributed by atoms with Gasteiger partial charge in [0.15, 0.2) is 0 Å². The molecule has 4 nitrogen and oxygen atoms in total. The molecule has 0 aromatic rings. The quantitative estimate of drug-likeness (QED) is 0.559. The van der Waals surface area contributed by atoms with Crippen LogP contribution >= 0.6 is 0 Å². The predicted molar refractivity (Wildman–Crippen MR) is 81.7 cm³/mol. The van der Waals surface area contributed by atoms with E-state index >= 15 is 0 Å². The summed E-state index contributed by atoms with van der Waals surface area (Å²) in [5, 5.41) is 0. The van der Waals surface area contributed by atoms with Gasteiger partial charge in [-0.1, -0.05) is 13.2 Å². The fourth-order valence-electron chi connectivity index (χ4n) is 5.14. The van der Waals surface area contributed by atoms with Crippen molar-refractivity contribution >= 4 is 11.9 Å². The molecule has 3 aliphatic carbocycles. The van der Waals surface area contributed by atoms with Crippen LogP contribution in [0.25, 0.3) is 0 Å². The molecule has 120 valence electrons. The van der Waals surface area contributed by atoms with E-state index < -0.39 is 0 Å². The highest BCUT2D eigenvalue weighted by atomic mass is 16.5. The average molecular weight is 304 g/mol. The van der Waals surface area contributed by atoms with Gasteiger partial charge < -0.3 is 9.47 Å². The van der Waals surface area contributed by atoms with E-state index in [0.717, 1.165) is 12.8 Å². The van der Waals surface area contributed by atoms with E-state index in [-0.39, 0.29) is 11.9 Å². The van der Waals surface area contributed by atoms with Gasteiger partial charge in [-0.2, -0.15) is 0 Å². The average Bonchev–Trinajstić information content (AvgIpc) is 3.06. The van der Waals surface area contributed by atoms with Gasteiger partial charge in [0.25, 0.3) is 0 Å². The standard InChI is InChI=1S/C18H24O4/c1-3-17(19)21-9-13-5-11-7-15(13)12-6-14(16(11)8-12)10-22-18(20)4-2/h3-4,11-16H,1-2,5-10H2. The van der Waals surface area contributed by atoms with Crippen LogP contribution in [0, 0.1) is 35.5 Å². The summed E-state index contributed by atoms with van der Waals surface area (Å²) in [6.07, 6.45) is 7.24. The van der Waals surface area contributed by atoms with Crippen LogP contribution in [0.2, 0.25) is 0 Å². The summed E-state index contributed by atoms with van der Waals surface area (Å²) < 4.78 is 10.5. The molecule has 0 N–H and O–H groups in total. The van der Waals surface area contributed by atoms with Gasteiger partial charge in [-0.05, 0) is 61.2 Å². The van der Waals surface area contributed by atoms with Crippen molar-refractivity contribution < 1.29 is 19.1 Å². The highest BCUT2D eigenvalue weighted by Gasteiger charge is 2.54. The Hall–Kier alpha value is -1.58. The van der Waals surface area contributed by atoms with E-state index in [2.05, 4.69) is 13.2 Å². The normalized spacial score (nSPS) is 38.4. The van der Waals surface area contributed by atoms with E-state index in [1.807, 2.05) is 0 Å². The van der Waals surface area contributed by atoms with Crippen molar-refractivity contribution in [2.75, 3.05) is 13.2 Å². The molecule has 4 bridgehead atoms. The van der Waals surface area contributed by atoms with Gasteiger partial charge in [-0.3, -0.25) is 0 Å². The van der Waals surface area contributed by atoms with Crippen molar-refractivity contribution in [1.29, 1.82) is 0 Å². The molecule has 6 unspecified atom stereocenters. The largest absolute Gasteiger partial charge is 0.462 e. The Kier molecular flexibility index (Phi) is 4.37. The molecule has 0 aliphatic heterocycles. The molecule has 0 amide bonds. The van der Waals surface area contributed by atoms with Gasteiger partial charge in [-0.15, -0.1) is 0 Å². The van der Waals surface area contributed by atoms with Gasteiger partial charge in [0.2, 0.25) is 0 Å². The van der Waals surface area contributed by atoms with Crippen LogP contribution < -0.4 is 0 Å². The summed E-state index contributed by atoms with van der Waals surface area (Å²) in [5.41, 5.74) is 0. The van der Waals surface area contributed by atoms with Gasteiger partial charge in [0, 0.05) is 12.2 Å². The maximum atomic E-state index is 11.3. The van der Waals surface area contributed by atoms with Crippen molar-refractivity contribution in [2.24, 2.45) is 35.5 Å². The summed E-state index contributed by atoms with van der Waals surface area (Å²) in [5.74, 6) is 3.09. The lowest BCUT2D eigenvalue weighted by atomic mass is 9.77. The third-order valence-corrected chi connectivity index (χ3v) is 6.00. The van der Waals surface area contributed by atoms with Gasteiger partial charge >= 0.3 is 11.9 Å². The van der Waals surface area contributed by atoms with Gasteiger partial charge in [0.05, 0.1) is 13.2 Å². The van der Waals surface area contributed by atoms with E-state index in [1.165, 1.54) is 25.0 Å². The molecule has 0 aromatic heterocycles. The molecule has 3 rings (SSSR count). The maximum absolute atomic E-state index is 11.3. The summed E-state index contributed by atoms with van der Waals surface area (Å²) >= 11 is 0. The number of esters is 2. The summed E-state index contributed by atoms with van der Waals surface area (Å²) in [4.78, 5) is 22.5. The SMILES string of the molecule is C=CC(=O)OCC1CC2CC1C1CC(COC(=O)C=C)C2C1. The van der Waals surface area contributed by atoms with Gasteiger partial charge in [-0.25, -0.2) is 9.59 Å². The molecule has 0 saturated heterocycles. The zero-order valence-electron chi connectivity index (χ0n) is 12.9. The molecule has 0 heterocycles. The predicted octanol–water partition coefficient (Wildman–Crippen LogP) is 2.74. The van der Waals surface area contributed by atoms with E-state index in [4.69, 9.17) is 9.47 Å². The number of carbonyl (C=O) groups is 2. The number of rotatable bonds is 6. The monoisotopic (exact) mass is 304 g/mol. The topological polar surface area (TPSA) is 52.6 Å². The molecule has 22 heavy (non-hydrogen) atoms. The third-order valence-electron chi connectivity index (χ3n) is 6.00. The lowest BCUT2D eigenvalue weighted by Gasteiger charge is -2.28. The van der Waals surface area contributed by atoms with Crippen LogP contribution in [-0.2, 0) is 19.1 Å². The molecule has 3 fully saturated rings. The van der Waals surface area contributed by atoms with Crippen molar-refractivity contribution in [3.63, 3.8) is 0 Å². The minimum Gasteiger partial charge on any atom is -0.462 e. The number of carbonyl (C=O) groups excluding carboxylic acids is 2. The lowest BCUT2D eigenvalue weighted by Crippen LogP contribution is -2.23. The molecule has 3 saturated carbocycles. The van der Waals surface area contributed by atoms with E-state index in [0.29, 0.717) is 48.7 Å². The van der Waals surface area contributed by atoms with Crippen LogP contribution in [0.5, 0.6) is 0 Å². The smallest absolute Gasteiger partial charge is 0.330 e. The second kappa shape index (κ2) is 6.27. The van der Waals surface area contributed by atoms with Gasteiger partial charge in [0.1, 0.15) is 0 Å². The van der Waals surface area contributed by atoms with Crippen molar-refractivity contribution in [2.45, 2.75) is 25.7 Å². The second-order valence-corrected chi connectivity index (χ2v) is 6.98. The zero-order chi connectivity index (χ0) is 15.7. The third kappa shape index (κ3) is 2.83. The Balaban J connectivity index is 1.56. The highest BCUT2D eigenvalue weighted by molar-refractivity contribution is 5.81. The van der Waals surface area contributed by atoms with Crippen molar-refractivity contribution in [3.8, 4) is 0 Å². The zero-order valence-corrected chi connectivity index (χ0v) is 12.9. The molecule has 0 radical (unpaired) electrons. The Morgan fingerprint density at radius 2 is 1.23 bits per heavy atom. The summed E-state index contributed by atoms with van der Waals surface area (Å²) in [6, 6.07) is 0. The first-order valence-corrected chi connectivity index (χ1v) is 8.20. The highest BCUT2D eigenvalue weighted by Crippen LogP contribution is 2.60. The Bertz CT molecular complexity index is 439. The molecule has 3 aliphatic rings. The fraction of sp³-hybridized carbons (Fsp3) is 0.667. The van der Waals surface area contributed by atoms with Crippen LogP contribution in [0.1, 0.15) is 25.7 Å². The summed E-state index contributed by atoms with van der Waals surface area (Å²) in [7, 11) is 0. The molecule has 0 aromatic carbocycles. The van der Waals surface area contributed by atoms with Crippen LogP contribution in [0.4, 0.5) is 0 Å².